The van der Waals surface area contributed by atoms with Gasteiger partial charge >= 0.3 is 0 Å². The molecule has 6 heteroatoms. The zero-order chi connectivity index (χ0) is 18.3. The van der Waals surface area contributed by atoms with Gasteiger partial charge in [-0.05, 0) is 47.7 Å². The molecular weight excluding hydrogens is 362 g/mol. The van der Waals surface area contributed by atoms with Crippen LogP contribution in [0.2, 0.25) is 0 Å². The first-order chi connectivity index (χ1) is 12.6. The Bertz CT molecular complexity index is 883. The van der Waals surface area contributed by atoms with E-state index < -0.39 is 0 Å². The highest BCUT2D eigenvalue weighted by Crippen LogP contribution is 2.39. The van der Waals surface area contributed by atoms with Crippen molar-refractivity contribution in [1.29, 1.82) is 0 Å². The summed E-state index contributed by atoms with van der Waals surface area (Å²) in [5, 5.41) is 2.87. The SMILES string of the molecule is C[C@@H](CN)NC(=O)C1CC(=O)N(c2ccc3c(c2)Cc2ccccc2-3)C1.Cl. The number of anilines is 1. The summed E-state index contributed by atoms with van der Waals surface area (Å²) in [4.78, 5) is 26.5. The summed E-state index contributed by atoms with van der Waals surface area (Å²) in [5.74, 6) is -0.407. The van der Waals surface area contributed by atoms with Crippen LogP contribution in [0, 0.1) is 5.92 Å². The summed E-state index contributed by atoms with van der Waals surface area (Å²) in [5.41, 5.74) is 11.5. The van der Waals surface area contributed by atoms with Crippen molar-refractivity contribution in [2.24, 2.45) is 11.7 Å². The number of rotatable bonds is 4. The van der Waals surface area contributed by atoms with Crippen LogP contribution in [0.4, 0.5) is 5.69 Å². The Kier molecular flexibility index (Phi) is 5.53. The average Bonchev–Trinajstić information content (AvgIpc) is 3.21. The molecule has 0 radical (unpaired) electrons. The van der Waals surface area contributed by atoms with Gasteiger partial charge in [0, 0.05) is 31.2 Å². The van der Waals surface area contributed by atoms with E-state index >= 15 is 0 Å². The van der Waals surface area contributed by atoms with Gasteiger partial charge in [-0.25, -0.2) is 0 Å². The molecule has 2 amide bonds. The molecule has 2 atom stereocenters. The minimum absolute atomic E-state index is 0. The van der Waals surface area contributed by atoms with E-state index in [1.165, 1.54) is 22.3 Å². The molecular formula is C21H24ClN3O2. The van der Waals surface area contributed by atoms with Crippen molar-refractivity contribution in [3.8, 4) is 11.1 Å². The molecule has 2 aliphatic rings. The lowest BCUT2D eigenvalue weighted by atomic mass is 10.1. The van der Waals surface area contributed by atoms with E-state index in [9.17, 15) is 9.59 Å². The summed E-state index contributed by atoms with van der Waals surface area (Å²) >= 11 is 0. The normalized spacial score (nSPS) is 18.5. The molecule has 142 valence electrons. The first-order valence-electron chi connectivity index (χ1n) is 9.09. The molecule has 1 fully saturated rings. The van der Waals surface area contributed by atoms with Gasteiger partial charge < -0.3 is 16.0 Å². The van der Waals surface area contributed by atoms with Gasteiger partial charge in [-0.2, -0.15) is 0 Å². The van der Waals surface area contributed by atoms with E-state index in [-0.39, 0.29) is 42.6 Å². The average molecular weight is 386 g/mol. The lowest BCUT2D eigenvalue weighted by Crippen LogP contribution is -2.41. The largest absolute Gasteiger partial charge is 0.352 e. The zero-order valence-corrected chi connectivity index (χ0v) is 16.1. The van der Waals surface area contributed by atoms with E-state index in [0.29, 0.717) is 13.1 Å². The second kappa shape index (κ2) is 7.71. The number of hydrogen-bond donors (Lipinski definition) is 2. The maximum absolute atomic E-state index is 12.5. The van der Waals surface area contributed by atoms with Crippen LogP contribution in [0.15, 0.2) is 42.5 Å². The molecule has 0 spiro atoms. The number of carbonyl (C=O) groups is 2. The van der Waals surface area contributed by atoms with Crippen molar-refractivity contribution in [2.45, 2.75) is 25.8 Å². The first kappa shape index (κ1) is 19.4. The summed E-state index contributed by atoms with van der Waals surface area (Å²) in [6.07, 6.45) is 1.14. The molecule has 5 nitrogen and oxygen atoms in total. The molecule has 2 aromatic rings. The lowest BCUT2D eigenvalue weighted by Gasteiger charge is -2.19. The van der Waals surface area contributed by atoms with Crippen molar-refractivity contribution in [2.75, 3.05) is 18.0 Å². The molecule has 1 aliphatic carbocycles. The first-order valence-corrected chi connectivity index (χ1v) is 9.09. The van der Waals surface area contributed by atoms with Gasteiger partial charge in [-0.15, -0.1) is 12.4 Å². The summed E-state index contributed by atoms with van der Waals surface area (Å²) in [6, 6.07) is 14.5. The molecule has 1 heterocycles. The fraction of sp³-hybridized carbons (Fsp3) is 0.333. The van der Waals surface area contributed by atoms with Crippen molar-refractivity contribution in [1.82, 2.24) is 5.32 Å². The van der Waals surface area contributed by atoms with Crippen LogP contribution >= 0.6 is 12.4 Å². The minimum Gasteiger partial charge on any atom is -0.352 e. The van der Waals surface area contributed by atoms with Crippen LogP contribution in [-0.2, 0) is 16.0 Å². The Hall–Kier alpha value is -2.37. The van der Waals surface area contributed by atoms with Crippen LogP contribution in [0.1, 0.15) is 24.5 Å². The van der Waals surface area contributed by atoms with Crippen molar-refractivity contribution < 1.29 is 9.59 Å². The van der Waals surface area contributed by atoms with E-state index in [0.717, 1.165) is 12.1 Å². The Labute approximate surface area is 165 Å². The third-order valence-electron chi connectivity index (χ3n) is 5.33. The van der Waals surface area contributed by atoms with E-state index in [1.54, 1.807) is 4.90 Å². The number of halogens is 1. The van der Waals surface area contributed by atoms with Gasteiger partial charge in [0.15, 0.2) is 0 Å². The maximum Gasteiger partial charge on any atom is 0.227 e. The lowest BCUT2D eigenvalue weighted by molar-refractivity contribution is -0.126. The quantitative estimate of drug-likeness (QED) is 0.724. The van der Waals surface area contributed by atoms with Gasteiger partial charge in [-0.1, -0.05) is 30.3 Å². The fourth-order valence-electron chi connectivity index (χ4n) is 3.85. The molecule has 4 rings (SSSR count). The number of nitrogens with zero attached hydrogens (tertiary/aromatic N) is 1. The maximum atomic E-state index is 12.5. The second-order valence-electron chi connectivity index (χ2n) is 7.23. The highest BCUT2D eigenvalue weighted by Gasteiger charge is 2.35. The Balaban J connectivity index is 0.00000210. The summed E-state index contributed by atoms with van der Waals surface area (Å²) < 4.78 is 0. The smallest absolute Gasteiger partial charge is 0.227 e. The Morgan fingerprint density at radius 2 is 1.96 bits per heavy atom. The highest BCUT2D eigenvalue weighted by molar-refractivity contribution is 6.00. The van der Waals surface area contributed by atoms with Crippen molar-refractivity contribution >= 4 is 29.9 Å². The number of nitrogens with one attached hydrogen (secondary N) is 1. The van der Waals surface area contributed by atoms with Crippen LogP contribution in [0.5, 0.6) is 0 Å². The minimum atomic E-state index is -0.318. The van der Waals surface area contributed by atoms with Crippen molar-refractivity contribution in [3.05, 3.63) is 53.6 Å². The number of benzene rings is 2. The van der Waals surface area contributed by atoms with E-state index in [2.05, 4.69) is 41.7 Å². The molecule has 1 saturated heterocycles. The van der Waals surface area contributed by atoms with Crippen LogP contribution in [0.25, 0.3) is 11.1 Å². The molecule has 27 heavy (non-hydrogen) atoms. The van der Waals surface area contributed by atoms with Gasteiger partial charge in [-0.3, -0.25) is 9.59 Å². The number of hydrogen-bond acceptors (Lipinski definition) is 3. The predicted molar refractivity (Wildman–Crippen MR) is 109 cm³/mol. The van der Waals surface area contributed by atoms with Gasteiger partial charge in [0.25, 0.3) is 0 Å². The third-order valence-corrected chi connectivity index (χ3v) is 5.33. The monoisotopic (exact) mass is 385 g/mol. The fourth-order valence-corrected chi connectivity index (χ4v) is 3.85. The molecule has 0 aromatic heterocycles. The zero-order valence-electron chi connectivity index (χ0n) is 15.3. The molecule has 3 N–H and O–H groups in total. The molecule has 1 unspecified atom stereocenters. The van der Waals surface area contributed by atoms with Crippen LogP contribution in [-0.4, -0.2) is 30.9 Å². The molecule has 0 saturated carbocycles. The number of carbonyl (C=O) groups excluding carboxylic acids is 2. The Morgan fingerprint density at radius 3 is 2.74 bits per heavy atom. The molecule has 1 aliphatic heterocycles. The van der Waals surface area contributed by atoms with Crippen molar-refractivity contribution in [3.63, 3.8) is 0 Å². The van der Waals surface area contributed by atoms with Crippen LogP contribution < -0.4 is 16.0 Å². The van der Waals surface area contributed by atoms with Gasteiger partial charge in [0.05, 0.1) is 5.92 Å². The predicted octanol–water partition coefficient (Wildman–Crippen LogP) is 2.50. The van der Waals surface area contributed by atoms with E-state index in [1.807, 2.05) is 13.0 Å². The topological polar surface area (TPSA) is 75.4 Å². The summed E-state index contributed by atoms with van der Waals surface area (Å²) in [7, 11) is 0. The standard InChI is InChI=1S/C21H23N3O2.ClH/c1-13(11-22)23-21(26)16-10-20(25)24(12-16)17-6-7-19-15(9-17)8-14-4-2-3-5-18(14)19;/h2-7,9,13,16H,8,10-12,22H2,1H3,(H,23,26);1H/t13-,16?;/m0./s1. The second-order valence-corrected chi connectivity index (χ2v) is 7.23. The number of fused-ring (bicyclic) bond motifs is 3. The molecule has 2 aromatic carbocycles. The molecule has 0 bridgehead atoms. The van der Waals surface area contributed by atoms with Gasteiger partial charge in [0.2, 0.25) is 11.8 Å². The Morgan fingerprint density at radius 1 is 1.22 bits per heavy atom. The van der Waals surface area contributed by atoms with Gasteiger partial charge in [0.1, 0.15) is 0 Å². The van der Waals surface area contributed by atoms with E-state index in [4.69, 9.17) is 5.73 Å². The summed E-state index contributed by atoms with van der Waals surface area (Å²) in [6.45, 7) is 2.68. The number of nitrogens with two attached hydrogens (primary N) is 1. The third kappa shape index (κ3) is 3.57. The number of amides is 2. The van der Waals surface area contributed by atoms with Crippen LogP contribution in [0.3, 0.4) is 0 Å². The highest BCUT2D eigenvalue weighted by atomic mass is 35.5.